The molecule has 0 aromatic heterocycles. The molecule has 0 spiro atoms. The van der Waals surface area contributed by atoms with Gasteiger partial charge in [-0.25, -0.2) is 0 Å². The molecule has 0 aliphatic carbocycles. The number of benzene rings is 2. The number of methoxy groups -OCH3 is 1. The normalized spacial score (nSPS) is 11.3. The van der Waals surface area contributed by atoms with E-state index in [9.17, 15) is 0 Å². The third-order valence-corrected chi connectivity index (χ3v) is 2.83. The van der Waals surface area contributed by atoms with Gasteiger partial charge in [-0.3, -0.25) is 4.99 Å². The lowest BCUT2D eigenvalue weighted by Gasteiger charge is -2.05. The Hall–Kier alpha value is -2.49. The molecule has 0 saturated carbocycles. The van der Waals surface area contributed by atoms with Gasteiger partial charge in [-0.2, -0.15) is 0 Å². The van der Waals surface area contributed by atoms with Crippen LogP contribution < -0.4 is 16.2 Å². The van der Waals surface area contributed by atoms with Crippen molar-refractivity contribution >= 4 is 11.5 Å². The molecule has 0 atom stereocenters. The average Bonchev–Trinajstić information content (AvgIpc) is 2.46. The second kappa shape index (κ2) is 5.91. The van der Waals surface area contributed by atoms with E-state index in [0.29, 0.717) is 18.1 Å². The molecule has 98 valence electrons. The molecule has 2 rings (SSSR count). The molecule has 2 aromatic rings. The van der Waals surface area contributed by atoms with Gasteiger partial charge in [-0.1, -0.05) is 24.3 Å². The summed E-state index contributed by atoms with van der Waals surface area (Å²) < 4.78 is 5.10. The predicted octanol–water partition coefficient (Wildman–Crippen LogP) is 2.18. The summed E-state index contributed by atoms with van der Waals surface area (Å²) in [5, 5.41) is 0. The fourth-order valence-electron chi connectivity index (χ4n) is 1.72. The van der Waals surface area contributed by atoms with E-state index in [1.807, 2.05) is 48.5 Å². The Morgan fingerprint density at radius 1 is 1.11 bits per heavy atom. The predicted molar refractivity (Wildman–Crippen MR) is 78.3 cm³/mol. The third-order valence-electron chi connectivity index (χ3n) is 2.83. The molecule has 19 heavy (non-hydrogen) atoms. The number of anilines is 1. The zero-order valence-corrected chi connectivity index (χ0v) is 10.8. The van der Waals surface area contributed by atoms with E-state index in [1.54, 1.807) is 7.11 Å². The minimum atomic E-state index is 0.453. The van der Waals surface area contributed by atoms with Gasteiger partial charge in [0.05, 0.1) is 13.7 Å². The highest BCUT2D eigenvalue weighted by atomic mass is 16.5. The maximum Gasteiger partial charge on any atom is 0.128 e. The lowest BCUT2D eigenvalue weighted by molar-refractivity contribution is 0.414. The molecule has 0 heterocycles. The third kappa shape index (κ3) is 3.25. The number of nitrogens with zero attached hydrogens (tertiary/aromatic N) is 1. The topological polar surface area (TPSA) is 73.6 Å². The average molecular weight is 255 g/mol. The van der Waals surface area contributed by atoms with Crippen LogP contribution in [-0.2, 0) is 6.54 Å². The minimum absolute atomic E-state index is 0.453. The van der Waals surface area contributed by atoms with Crippen molar-refractivity contribution in [2.45, 2.75) is 6.54 Å². The maximum absolute atomic E-state index is 5.95. The molecule has 0 bridgehead atoms. The highest BCUT2D eigenvalue weighted by Gasteiger charge is 2.02. The van der Waals surface area contributed by atoms with Gasteiger partial charge in [0.25, 0.3) is 0 Å². The van der Waals surface area contributed by atoms with Crippen LogP contribution in [0.15, 0.2) is 53.5 Å². The first-order valence-electron chi connectivity index (χ1n) is 5.98. The van der Waals surface area contributed by atoms with Crippen molar-refractivity contribution in [1.82, 2.24) is 0 Å². The lowest BCUT2D eigenvalue weighted by Crippen LogP contribution is -2.15. The summed E-state index contributed by atoms with van der Waals surface area (Å²) in [5.41, 5.74) is 14.3. The summed E-state index contributed by atoms with van der Waals surface area (Å²) in [6.45, 7) is 0.518. The van der Waals surface area contributed by atoms with Crippen LogP contribution in [0.2, 0.25) is 0 Å². The quantitative estimate of drug-likeness (QED) is 0.499. The number of para-hydroxylation sites is 1. The van der Waals surface area contributed by atoms with E-state index < -0.39 is 0 Å². The van der Waals surface area contributed by atoms with Gasteiger partial charge in [-0.15, -0.1) is 0 Å². The Bertz CT molecular complexity index is 576. The summed E-state index contributed by atoms with van der Waals surface area (Å²) in [6.07, 6.45) is 0. The van der Waals surface area contributed by atoms with Crippen LogP contribution in [0.4, 0.5) is 5.69 Å². The molecular formula is C15H17N3O. The van der Waals surface area contributed by atoms with Gasteiger partial charge in [0.15, 0.2) is 0 Å². The smallest absolute Gasteiger partial charge is 0.128 e. The second-order valence-corrected chi connectivity index (χ2v) is 4.14. The summed E-state index contributed by atoms with van der Waals surface area (Å²) in [6, 6.07) is 15.2. The van der Waals surface area contributed by atoms with E-state index in [0.717, 1.165) is 16.9 Å². The molecule has 0 radical (unpaired) electrons. The van der Waals surface area contributed by atoms with Crippen molar-refractivity contribution in [3.63, 3.8) is 0 Å². The molecule has 0 aliphatic heterocycles. The van der Waals surface area contributed by atoms with E-state index >= 15 is 0 Å². The van der Waals surface area contributed by atoms with Gasteiger partial charge in [0, 0.05) is 11.3 Å². The molecule has 0 saturated heterocycles. The molecule has 0 unspecified atom stereocenters. The Kier molecular flexibility index (Phi) is 4.03. The zero-order valence-electron chi connectivity index (χ0n) is 10.8. The standard InChI is InChI=1S/C15H17N3O/c1-19-12-8-6-11(7-9-12)10-18-15(17)13-4-2-3-5-14(13)16/h2-9H,10,16H2,1H3,(H2,17,18). The number of amidine groups is 1. The van der Waals surface area contributed by atoms with Gasteiger partial charge in [-0.05, 0) is 29.8 Å². The lowest BCUT2D eigenvalue weighted by atomic mass is 10.1. The second-order valence-electron chi connectivity index (χ2n) is 4.14. The van der Waals surface area contributed by atoms with E-state index in [2.05, 4.69) is 4.99 Å². The van der Waals surface area contributed by atoms with Crippen molar-refractivity contribution in [2.24, 2.45) is 10.7 Å². The van der Waals surface area contributed by atoms with Gasteiger partial charge >= 0.3 is 0 Å². The van der Waals surface area contributed by atoms with Crippen LogP contribution >= 0.6 is 0 Å². The Balaban J connectivity index is 2.11. The Morgan fingerprint density at radius 2 is 1.79 bits per heavy atom. The first kappa shape index (κ1) is 13.0. The number of nitrogen functional groups attached to an aromatic ring is 1. The molecule has 0 amide bonds. The maximum atomic E-state index is 5.95. The number of aliphatic imine (C=N–C) groups is 1. The molecule has 0 aliphatic rings. The molecule has 4 heteroatoms. The van der Waals surface area contributed by atoms with Crippen molar-refractivity contribution < 1.29 is 4.74 Å². The monoisotopic (exact) mass is 255 g/mol. The van der Waals surface area contributed by atoms with Crippen LogP contribution in [0.25, 0.3) is 0 Å². The van der Waals surface area contributed by atoms with Crippen molar-refractivity contribution in [3.8, 4) is 5.75 Å². The van der Waals surface area contributed by atoms with Crippen molar-refractivity contribution in [3.05, 3.63) is 59.7 Å². The number of ether oxygens (including phenoxy) is 1. The number of hydrogen-bond acceptors (Lipinski definition) is 3. The van der Waals surface area contributed by atoms with Crippen LogP contribution in [0.5, 0.6) is 5.75 Å². The largest absolute Gasteiger partial charge is 0.497 e. The molecule has 2 aromatic carbocycles. The van der Waals surface area contributed by atoms with Crippen LogP contribution in [0.3, 0.4) is 0 Å². The van der Waals surface area contributed by atoms with Crippen molar-refractivity contribution in [2.75, 3.05) is 12.8 Å². The van der Waals surface area contributed by atoms with E-state index in [1.165, 1.54) is 0 Å². The van der Waals surface area contributed by atoms with Crippen LogP contribution in [0.1, 0.15) is 11.1 Å². The fraction of sp³-hybridized carbons (Fsp3) is 0.133. The summed E-state index contributed by atoms with van der Waals surface area (Å²) in [4.78, 5) is 4.35. The first-order valence-corrected chi connectivity index (χ1v) is 5.98. The van der Waals surface area contributed by atoms with Crippen LogP contribution in [-0.4, -0.2) is 12.9 Å². The summed E-state index contributed by atoms with van der Waals surface area (Å²) in [5.74, 6) is 1.28. The molecular weight excluding hydrogens is 238 g/mol. The number of nitrogens with two attached hydrogens (primary N) is 2. The highest BCUT2D eigenvalue weighted by Crippen LogP contribution is 2.13. The molecule has 0 fully saturated rings. The zero-order chi connectivity index (χ0) is 13.7. The minimum Gasteiger partial charge on any atom is -0.497 e. The van der Waals surface area contributed by atoms with Crippen LogP contribution in [0, 0.1) is 0 Å². The fourth-order valence-corrected chi connectivity index (χ4v) is 1.72. The first-order chi connectivity index (χ1) is 9.20. The van der Waals surface area contributed by atoms with Crippen molar-refractivity contribution in [1.29, 1.82) is 0 Å². The van der Waals surface area contributed by atoms with Gasteiger partial charge in [0.2, 0.25) is 0 Å². The summed E-state index contributed by atoms with van der Waals surface area (Å²) >= 11 is 0. The SMILES string of the molecule is COc1ccc(CN=C(N)c2ccccc2N)cc1. The highest BCUT2D eigenvalue weighted by molar-refractivity contribution is 6.01. The van der Waals surface area contributed by atoms with E-state index in [4.69, 9.17) is 16.2 Å². The van der Waals surface area contributed by atoms with Gasteiger partial charge < -0.3 is 16.2 Å². The number of rotatable bonds is 4. The number of hydrogen-bond donors (Lipinski definition) is 2. The Morgan fingerprint density at radius 3 is 2.42 bits per heavy atom. The molecule has 4 N–H and O–H groups in total. The van der Waals surface area contributed by atoms with E-state index in [-0.39, 0.29) is 0 Å². The summed E-state index contributed by atoms with van der Waals surface area (Å²) in [7, 11) is 1.64. The Labute approximate surface area is 112 Å². The van der Waals surface area contributed by atoms with Gasteiger partial charge in [0.1, 0.15) is 11.6 Å². The molecule has 4 nitrogen and oxygen atoms in total.